The van der Waals surface area contributed by atoms with Crippen molar-refractivity contribution >= 4 is 40.3 Å². The van der Waals surface area contributed by atoms with Gasteiger partial charge in [-0.15, -0.1) is 11.3 Å². The fourth-order valence-corrected chi connectivity index (χ4v) is 3.85. The lowest BCUT2D eigenvalue weighted by atomic mass is 10.00. The summed E-state index contributed by atoms with van der Waals surface area (Å²) in [6, 6.07) is 9.23. The molecular weight excluding hydrogens is 393 g/mol. The van der Waals surface area contributed by atoms with Crippen LogP contribution >= 0.6 is 22.9 Å². The Morgan fingerprint density at radius 1 is 1.26 bits per heavy atom. The van der Waals surface area contributed by atoms with Gasteiger partial charge in [0.05, 0.1) is 21.7 Å². The molecule has 3 aromatic rings. The fourth-order valence-electron chi connectivity index (χ4n) is 2.99. The summed E-state index contributed by atoms with van der Waals surface area (Å²) in [6.45, 7) is 0. The van der Waals surface area contributed by atoms with E-state index in [0.29, 0.717) is 4.88 Å². The van der Waals surface area contributed by atoms with Crippen molar-refractivity contribution in [2.24, 2.45) is 0 Å². The second-order valence-corrected chi connectivity index (χ2v) is 7.12. The summed E-state index contributed by atoms with van der Waals surface area (Å²) in [5.74, 6) is -2.30. The van der Waals surface area contributed by atoms with Gasteiger partial charge in [-0.3, -0.25) is 14.5 Å². The van der Waals surface area contributed by atoms with E-state index < -0.39 is 29.3 Å². The van der Waals surface area contributed by atoms with Crippen molar-refractivity contribution in [2.75, 3.05) is 4.90 Å². The highest BCUT2D eigenvalue weighted by Crippen LogP contribution is 2.43. The van der Waals surface area contributed by atoms with Crippen LogP contribution in [-0.4, -0.2) is 16.8 Å². The number of amides is 1. The first kappa shape index (κ1) is 17.5. The molecule has 3 heterocycles. The second kappa shape index (κ2) is 6.68. The highest BCUT2D eigenvalue weighted by atomic mass is 35.5. The smallest absolute Gasteiger partial charge is 0.294 e. The minimum atomic E-state index is -0.997. The van der Waals surface area contributed by atoms with Gasteiger partial charge in [-0.05, 0) is 41.8 Å². The summed E-state index contributed by atoms with van der Waals surface area (Å²) in [4.78, 5) is 27.3. The molecule has 0 saturated carbocycles. The Kier molecular flexibility index (Phi) is 4.33. The minimum absolute atomic E-state index is 0.0992. The van der Waals surface area contributed by atoms with Crippen LogP contribution in [0.15, 0.2) is 69.9 Å². The SMILES string of the molecule is O=C(C1=C(O)C(=O)N(c2ccc(F)c(Cl)c2)C1c1ccco1)c1cccs1. The largest absolute Gasteiger partial charge is 0.503 e. The van der Waals surface area contributed by atoms with E-state index in [4.69, 9.17) is 16.0 Å². The molecule has 0 radical (unpaired) electrons. The van der Waals surface area contributed by atoms with Crippen LogP contribution in [0.2, 0.25) is 5.02 Å². The maximum atomic E-state index is 13.6. The first-order valence-electron chi connectivity index (χ1n) is 7.82. The number of aliphatic hydroxyl groups excluding tert-OH is 1. The number of ketones is 1. The standard InChI is InChI=1S/C19H11ClFNO4S/c20-11-9-10(5-6-12(11)21)22-16(13-3-1-7-26-13)15(18(24)19(22)25)17(23)14-4-2-8-27-14/h1-9,16,24H. The van der Waals surface area contributed by atoms with Crippen molar-refractivity contribution in [1.82, 2.24) is 0 Å². The summed E-state index contributed by atoms with van der Waals surface area (Å²) >= 11 is 7.05. The van der Waals surface area contributed by atoms with Gasteiger partial charge in [0.25, 0.3) is 5.91 Å². The van der Waals surface area contributed by atoms with Crippen LogP contribution in [0.25, 0.3) is 0 Å². The number of benzene rings is 1. The highest BCUT2D eigenvalue weighted by Gasteiger charge is 2.46. The summed E-state index contributed by atoms with van der Waals surface area (Å²) in [6.07, 6.45) is 1.40. The quantitative estimate of drug-likeness (QED) is 0.628. The number of hydrogen-bond acceptors (Lipinski definition) is 5. The predicted molar refractivity (Wildman–Crippen MR) is 98.6 cm³/mol. The van der Waals surface area contributed by atoms with E-state index in [1.54, 1.807) is 29.6 Å². The van der Waals surface area contributed by atoms with E-state index in [-0.39, 0.29) is 22.0 Å². The molecule has 27 heavy (non-hydrogen) atoms. The Bertz CT molecular complexity index is 1060. The van der Waals surface area contributed by atoms with Crippen molar-refractivity contribution in [3.8, 4) is 0 Å². The van der Waals surface area contributed by atoms with E-state index in [0.717, 1.165) is 6.07 Å². The number of thiophene rings is 1. The zero-order valence-corrected chi connectivity index (χ0v) is 15.1. The Morgan fingerprint density at radius 2 is 2.07 bits per heavy atom. The molecule has 0 aliphatic carbocycles. The normalized spacial score (nSPS) is 17.0. The van der Waals surface area contributed by atoms with Crippen LogP contribution in [0.3, 0.4) is 0 Å². The molecule has 1 atom stereocenters. The summed E-state index contributed by atoms with van der Waals surface area (Å²) in [5.41, 5.74) is 0.131. The zero-order valence-electron chi connectivity index (χ0n) is 13.6. The molecule has 2 aromatic heterocycles. The number of anilines is 1. The first-order chi connectivity index (χ1) is 13.0. The number of hydrogen-bond donors (Lipinski definition) is 1. The van der Waals surface area contributed by atoms with E-state index in [9.17, 15) is 19.1 Å². The monoisotopic (exact) mass is 403 g/mol. The number of carbonyl (C=O) groups is 2. The first-order valence-corrected chi connectivity index (χ1v) is 9.08. The Morgan fingerprint density at radius 3 is 2.70 bits per heavy atom. The molecule has 1 amide bonds. The van der Waals surface area contributed by atoms with Gasteiger partial charge in [-0.25, -0.2) is 4.39 Å². The maximum absolute atomic E-state index is 13.6. The van der Waals surface area contributed by atoms with Crippen LogP contribution in [0, 0.1) is 5.82 Å². The topological polar surface area (TPSA) is 70.8 Å². The lowest BCUT2D eigenvalue weighted by Crippen LogP contribution is -2.30. The average molecular weight is 404 g/mol. The molecule has 8 heteroatoms. The van der Waals surface area contributed by atoms with E-state index in [1.807, 2.05) is 0 Å². The lowest BCUT2D eigenvalue weighted by Gasteiger charge is -2.25. The molecule has 0 fully saturated rings. The number of Topliss-reactive ketones (excluding diaryl/α,β-unsaturated/α-hetero) is 1. The molecule has 4 rings (SSSR count). The Labute approximate surface area is 161 Å². The summed E-state index contributed by atoms with van der Waals surface area (Å²) in [7, 11) is 0. The molecule has 1 unspecified atom stereocenters. The predicted octanol–water partition coefficient (Wildman–Crippen LogP) is 4.92. The molecule has 1 aliphatic heterocycles. The molecule has 5 nitrogen and oxygen atoms in total. The number of aliphatic hydroxyl groups is 1. The van der Waals surface area contributed by atoms with Crippen molar-refractivity contribution in [3.05, 3.63) is 86.9 Å². The molecule has 0 saturated heterocycles. The third-order valence-corrected chi connectivity index (χ3v) is 5.35. The van der Waals surface area contributed by atoms with Crippen LogP contribution in [0.4, 0.5) is 10.1 Å². The van der Waals surface area contributed by atoms with Gasteiger partial charge in [-0.1, -0.05) is 17.7 Å². The average Bonchev–Trinajstić information content (AvgIpc) is 3.39. The van der Waals surface area contributed by atoms with Gasteiger partial charge in [-0.2, -0.15) is 0 Å². The van der Waals surface area contributed by atoms with Gasteiger partial charge in [0.1, 0.15) is 17.6 Å². The lowest BCUT2D eigenvalue weighted by molar-refractivity contribution is -0.117. The zero-order chi connectivity index (χ0) is 19.1. The molecule has 1 aliphatic rings. The molecule has 136 valence electrons. The fraction of sp³-hybridized carbons (Fsp3) is 0.0526. The Hall–Kier alpha value is -2.90. The molecule has 1 N–H and O–H groups in total. The summed E-state index contributed by atoms with van der Waals surface area (Å²) < 4.78 is 19.0. The van der Waals surface area contributed by atoms with Crippen molar-refractivity contribution in [1.29, 1.82) is 0 Å². The van der Waals surface area contributed by atoms with Crippen molar-refractivity contribution in [2.45, 2.75) is 6.04 Å². The number of furan rings is 1. The second-order valence-electron chi connectivity index (χ2n) is 5.76. The molecule has 0 spiro atoms. The van der Waals surface area contributed by atoms with E-state index >= 15 is 0 Å². The maximum Gasteiger partial charge on any atom is 0.294 e. The van der Waals surface area contributed by atoms with Crippen molar-refractivity contribution < 1.29 is 23.5 Å². The van der Waals surface area contributed by atoms with Crippen molar-refractivity contribution in [3.63, 3.8) is 0 Å². The van der Waals surface area contributed by atoms with Gasteiger partial charge in [0.15, 0.2) is 5.76 Å². The molecule has 0 bridgehead atoms. The Balaban J connectivity index is 1.87. The van der Waals surface area contributed by atoms with Crippen LogP contribution in [0.5, 0.6) is 0 Å². The third-order valence-electron chi connectivity index (χ3n) is 4.19. The minimum Gasteiger partial charge on any atom is -0.503 e. The third kappa shape index (κ3) is 2.85. The van der Waals surface area contributed by atoms with Crippen LogP contribution in [-0.2, 0) is 4.79 Å². The number of carbonyl (C=O) groups excluding carboxylic acids is 2. The van der Waals surface area contributed by atoms with Gasteiger partial charge >= 0.3 is 0 Å². The number of rotatable bonds is 4. The summed E-state index contributed by atoms with van der Waals surface area (Å²) in [5, 5.41) is 12.0. The van der Waals surface area contributed by atoms with E-state index in [2.05, 4.69) is 0 Å². The van der Waals surface area contributed by atoms with Gasteiger partial charge in [0, 0.05) is 5.69 Å². The number of halogens is 2. The van der Waals surface area contributed by atoms with Gasteiger partial charge in [0.2, 0.25) is 5.78 Å². The molecular formula is C19H11ClFNO4S. The van der Waals surface area contributed by atoms with E-state index in [1.165, 1.54) is 34.6 Å². The highest BCUT2D eigenvalue weighted by molar-refractivity contribution is 7.12. The van der Waals surface area contributed by atoms with Crippen LogP contribution < -0.4 is 4.90 Å². The van der Waals surface area contributed by atoms with Crippen LogP contribution in [0.1, 0.15) is 21.5 Å². The number of nitrogens with zero attached hydrogens (tertiary/aromatic N) is 1. The van der Waals surface area contributed by atoms with Gasteiger partial charge < -0.3 is 9.52 Å². The molecule has 1 aromatic carbocycles.